The first-order chi connectivity index (χ1) is 12.6. The number of nitrogens with zero attached hydrogens (tertiary/aromatic N) is 1. The van der Waals surface area contributed by atoms with Crippen LogP contribution in [0.3, 0.4) is 0 Å². The molecule has 0 aromatic heterocycles. The maximum Gasteiger partial charge on any atom is 0.339 e. The van der Waals surface area contributed by atoms with Gasteiger partial charge in [-0.15, -0.1) is 0 Å². The molecule has 0 heterocycles. The molecule has 6 heteroatoms. The Morgan fingerprint density at radius 2 is 1.70 bits per heavy atom. The van der Waals surface area contributed by atoms with Gasteiger partial charge in [-0.1, -0.05) is 6.07 Å². The molecule has 0 saturated heterocycles. The zero-order valence-electron chi connectivity index (χ0n) is 16.2. The standard InChI is InChI=1S/C21H24INO4/c1-14(24)23(5)17-8-10-18(11-9-17)26-13-15-6-7-16(22)12-19(15)20(25)27-21(2,3)4/h6-12H,13H2,1-5H3. The summed E-state index contributed by atoms with van der Waals surface area (Å²) in [6.07, 6.45) is 0. The smallest absolute Gasteiger partial charge is 0.339 e. The maximum absolute atomic E-state index is 12.5. The number of halogens is 1. The largest absolute Gasteiger partial charge is 0.489 e. The van der Waals surface area contributed by atoms with Crippen LogP contribution < -0.4 is 9.64 Å². The number of hydrogen-bond donors (Lipinski definition) is 0. The maximum atomic E-state index is 12.5. The van der Waals surface area contributed by atoms with Gasteiger partial charge in [0.25, 0.3) is 0 Å². The van der Waals surface area contributed by atoms with Crippen molar-refractivity contribution in [1.82, 2.24) is 0 Å². The van der Waals surface area contributed by atoms with Crippen LogP contribution in [0, 0.1) is 3.57 Å². The van der Waals surface area contributed by atoms with Gasteiger partial charge in [-0.3, -0.25) is 4.79 Å². The summed E-state index contributed by atoms with van der Waals surface area (Å²) in [5.74, 6) is 0.256. The highest BCUT2D eigenvalue weighted by Crippen LogP contribution is 2.22. The molecule has 144 valence electrons. The summed E-state index contributed by atoms with van der Waals surface area (Å²) >= 11 is 2.17. The van der Waals surface area contributed by atoms with Gasteiger partial charge in [0.15, 0.2) is 0 Å². The summed E-state index contributed by atoms with van der Waals surface area (Å²) in [4.78, 5) is 25.5. The number of ether oxygens (including phenoxy) is 2. The molecule has 0 N–H and O–H groups in total. The van der Waals surface area contributed by atoms with Crippen LogP contribution in [-0.2, 0) is 16.1 Å². The number of amides is 1. The first kappa shape index (κ1) is 21.2. The predicted octanol–water partition coefficient (Wildman–Crippen LogP) is 4.81. The van der Waals surface area contributed by atoms with Crippen molar-refractivity contribution in [3.63, 3.8) is 0 Å². The van der Waals surface area contributed by atoms with Crippen LogP contribution in [0.25, 0.3) is 0 Å². The van der Waals surface area contributed by atoms with E-state index in [4.69, 9.17) is 9.47 Å². The highest BCUT2D eigenvalue weighted by molar-refractivity contribution is 14.1. The highest BCUT2D eigenvalue weighted by Gasteiger charge is 2.21. The molecule has 0 bridgehead atoms. The van der Waals surface area contributed by atoms with E-state index < -0.39 is 5.60 Å². The number of esters is 1. The van der Waals surface area contributed by atoms with E-state index in [1.165, 1.54) is 6.92 Å². The molecule has 2 rings (SSSR count). The molecular weight excluding hydrogens is 457 g/mol. The normalized spacial score (nSPS) is 11.0. The van der Waals surface area contributed by atoms with Crippen LogP contribution in [0.4, 0.5) is 5.69 Å². The third-order valence-corrected chi connectivity index (χ3v) is 4.45. The van der Waals surface area contributed by atoms with Crippen LogP contribution in [0.1, 0.15) is 43.6 Å². The van der Waals surface area contributed by atoms with Gasteiger partial charge >= 0.3 is 5.97 Å². The van der Waals surface area contributed by atoms with Crippen molar-refractivity contribution < 1.29 is 19.1 Å². The lowest BCUT2D eigenvalue weighted by atomic mass is 10.1. The summed E-state index contributed by atoms with van der Waals surface area (Å²) in [6.45, 7) is 7.28. The van der Waals surface area contributed by atoms with Crippen molar-refractivity contribution in [2.75, 3.05) is 11.9 Å². The molecular formula is C21H24INO4. The summed E-state index contributed by atoms with van der Waals surface area (Å²) < 4.78 is 12.3. The molecule has 0 atom stereocenters. The van der Waals surface area contributed by atoms with Gasteiger partial charge in [0, 0.05) is 28.8 Å². The lowest BCUT2D eigenvalue weighted by Gasteiger charge is -2.21. The number of anilines is 1. The Labute approximate surface area is 173 Å². The second-order valence-electron chi connectivity index (χ2n) is 7.16. The summed E-state index contributed by atoms with van der Waals surface area (Å²) in [5.41, 5.74) is 1.49. The molecule has 2 aromatic carbocycles. The van der Waals surface area contributed by atoms with Crippen molar-refractivity contribution in [3.05, 3.63) is 57.2 Å². The van der Waals surface area contributed by atoms with Crippen molar-refractivity contribution in [2.45, 2.75) is 39.9 Å². The van der Waals surface area contributed by atoms with Gasteiger partial charge in [-0.2, -0.15) is 0 Å². The minimum absolute atomic E-state index is 0.0374. The quantitative estimate of drug-likeness (QED) is 0.455. The van der Waals surface area contributed by atoms with E-state index in [2.05, 4.69) is 22.6 Å². The van der Waals surface area contributed by atoms with E-state index in [9.17, 15) is 9.59 Å². The SMILES string of the molecule is CC(=O)N(C)c1ccc(OCc2ccc(I)cc2C(=O)OC(C)(C)C)cc1. The van der Waals surface area contributed by atoms with Crippen LogP contribution in [0.5, 0.6) is 5.75 Å². The first-order valence-corrected chi connectivity index (χ1v) is 9.63. The molecule has 0 aliphatic carbocycles. The Kier molecular flexibility index (Phi) is 6.86. The van der Waals surface area contributed by atoms with Crippen molar-refractivity contribution in [3.8, 4) is 5.75 Å². The second-order valence-corrected chi connectivity index (χ2v) is 8.41. The fourth-order valence-electron chi connectivity index (χ4n) is 2.31. The van der Waals surface area contributed by atoms with Gasteiger partial charge in [0.05, 0.1) is 5.56 Å². The van der Waals surface area contributed by atoms with E-state index in [1.54, 1.807) is 30.1 Å². The lowest BCUT2D eigenvalue weighted by Crippen LogP contribution is -2.24. The summed E-state index contributed by atoms with van der Waals surface area (Å²) in [7, 11) is 1.72. The monoisotopic (exact) mass is 481 g/mol. The zero-order valence-corrected chi connectivity index (χ0v) is 18.4. The predicted molar refractivity (Wildman–Crippen MR) is 114 cm³/mol. The van der Waals surface area contributed by atoms with Crippen LogP contribution in [-0.4, -0.2) is 24.5 Å². The average Bonchev–Trinajstić information content (AvgIpc) is 2.59. The molecule has 0 unspecified atom stereocenters. The highest BCUT2D eigenvalue weighted by atomic mass is 127. The molecule has 0 fully saturated rings. The van der Waals surface area contributed by atoms with E-state index >= 15 is 0 Å². The van der Waals surface area contributed by atoms with E-state index in [0.717, 1.165) is 14.8 Å². The number of hydrogen-bond acceptors (Lipinski definition) is 4. The fourth-order valence-corrected chi connectivity index (χ4v) is 2.80. The Balaban J connectivity index is 2.14. The molecule has 0 spiro atoms. The molecule has 2 aromatic rings. The van der Waals surface area contributed by atoms with Gasteiger partial charge in [-0.05, 0) is 79.8 Å². The molecule has 0 aliphatic heterocycles. The second kappa shape index (κ2) is 8.73. The third kappa shape index (κ3) is 6.23. The number of rotatable bonds is 5. The van der Waals surface area contributed by atoms with Gasteiger partial charge in [0.2, 0.25) is 5.91 Å². The Morgan fingerprint density at radius 1 is 1.07 bits per heavy atom. The Morgan fingerprint density at radius 3 is 2.26 bits per heavy atom. The third-order valence-electron chi connectivity index (χ3n) is 3.78. The number of carbonyl (C=O) groups is 2. The summed E-state index contributed by atoms with van der Waals surface area (Å²) in [5, 5.41) is 0. The number of carbonyl (C=O) groups excluding carboxylic acids is 2. The summed E-state index contributed by atoms with van der Waals surface area (Å²) in [6, 6.07) is 12.8. The van der Waals surface area contributed by atoms with E-state index in [0.29, 0.717) is 11.3 Å². The lowest BCUT2D eigenvalue weighted by molar-refractivity contribution is -0.116. The van der Waals surface area contributed by atoms with Crippen LogP contribution >= 0.6 is 22.6 Å². The molecule has 0 radical (unpaired) electrons. The van der Waals surface area contributed by atoms with Crippen LogP contribution in [0.15, 0.2) is 42.5 Å². The van der Waals surface area contributed by atoms with E-state index in [-0.39, 0.29) is 18.5 Å². The first-order valence-electron chi connectivity index (χ1n) is 8.56. The van der Waals surface area contributed by atoms with E-state index in [1.807, 2.05) is 45.0 Å². The van der Waals surface area contributed by atoms with Crippen molar-refractivity contribution >= 4 is 40.2 Å². The minimum atomic E-state index is -0.560. The fraction of sp³-hybridized carbons (Fsp3) is 0.333. The van der Waals surface area contributed by atoms with Crippen molar-refractivity contribution in [1.29, 1.82) is 0 Å². The van der Waals surface area contributed by atoms with Gasteiger partial charge in [-0.25, -0.2) is 4.79 Å². The van der Waals surface area contributed by atoms with Gasteiger partial charge < -0.3 is 14.4 Å². The van der Waals surface area contributed by atoms with Gasteiger partial charge in [0.1, 0.15) is 18.0 Å². The topological polar surface area (TPSA) is 55.8 Å². The molecule has 0 aliphatic rings. The number of benzene rings is 2. The minimum Gasteiger partial charge on any atom is -0.489 e. The molecule has 27 heavy (non-hydrogen) atoms. The molecule has 0 saturated carbocycles. The average molecular weight is 481 g/mol. The Hall–Kier alpha value is -2.09. The van der Waals surface area contributed by atoms with Crippen LogP contribution in [0.2, 0.25) is 0 Å². The van der Waals surface area contributed by atoms with Crippen molar-refractivity contribution in [2.24, 2.45) is 0 Å². The molecule has 5 nitrogen and oxygen atoms in total. The molecule has 1 amide bonds. The Bertz CT molecular complexity index is 825. The zero-order chi connectivity index (χ0) is 20.2.